The Labute approximate surface area is 232 Å². The highest BCUT2D eigenvalue weighted by Crippen LogP contribution is 2.54. The molecule has 0 radical (unpaired) electrons. The second-order valence-electron chi connectivity index (χ2n) is 10.9. The Morgan fingerprint density at radius 2 is 1.62 bits per heavy atom. The smallest absolute Gasteiger partial charge is 0.272 e. The van der Waals surface area contributed by atoms with Gasteiger partial charge in [0.25, 0.3) is 5.91 Å². The van der Waals surface area contributed by atoms with Crippen molar-refractivity contribution in [1.29, 1.82) is 0 Å². The van der Waals surface area contributed by atoms with Crippen LogP contribution in [0, 0.1) is 30.6 Å². The maximum Gasteiger partial charge on any atom is 0.272 e. The number of ether oxygens (including phenoxy) is 1. The summed E-state index contributed by atoms with van der Waals surface area (Å²) < 4.78 is 8.06. The van der Waals surface area contributed by atoms with E-state index in [4.69, 9.17) is 44.6 Å². The molecule has 8 heteroatoms. The van der Waals surface area contributed by atoms with Crippen molar-refractivity contribution in [3.05, 3.63) is 68.8 Å². The molecule has 1 heterocycles. The molecule has 0 saturated heterocycles. The molecule has 7 rings (SSSR count). The number of aromatic nitrogens is 2. The van der Waals surface area contributed by atoms with Gasteiger partial charge in [0, 0.05) is 27.7 Å². The number of halogens is 3. The molecule has 0 aliphatic heterocycles. The maximum absolute atomic E-state index is 13.3. The first-order chi connectivity index (χ1) is 17.9. The second kappa shape index (κ2) is 10.3. The van der Waals surface area contributed by atoms with Crippen molar-refractivity contribution < 1.29 is 9.53 Å². The molecule has 194 valence electrons. The summed E-state index contributed by atoms with van der Waals surface area (Å²) >= 11 is 18.8. The van der Waals surface area contributed by atoms with Gasteiger partial charge < -0.3 is 10.1 Å². The molecule has 4 aliphatic carbocycles. The summed E-state index contributed by atoms with van der Waals surface area (Å²) in [5.41, 5.74) is 3.40. The Kier molecular flexibility index (Phi) is 7.00. The van der Waals surface area contributed by atoms with Crippen LogP contribution in [0.15, 0.2) is 42.5 Å². The van der Waals surface area contributed by atoms with Gasteiger partial charge in [0.15, 0.2) is 5.69 Å². The topological polar surface area (TPSA) is 56.1 Å². The number of nitrogens with zero attached hydrogens (tertiary/aromatic N) is 2. The van der Waals surface area contributed by atoms with Gasteiger partial charge in [-0.1, -0.05) is 46.9 Å². The minimum absolute atomic E-state index is 0.231. The van der Waals surface area contributed by atoms with Gasteiger partial charge in [0.1, 0.15) is 0 Å². The van der Waals surface area contributed by atoms with E-state index in [2.05, 4.69) is 5.32 Å². The van der Waals surface area contributed by atoms with Crippen LogP contribution < -0.4 is 5.32 Å². The number of hydrogen-bond acceptors (Lipinski definition) is 3. The molecule has 0 unspecified atom stereocenters. The first-order valence-electron chi connectivity index (χ1n) is 13.1. The van der Waals surface area contributed by atoms with E-state index >= 15 is 0 Å². The van der Waals surface area contributed by atoms with Crippen LogP contribution in [0.4, 0.5) is 0 Å². The van der Waals surface area contributed by atoms with Crippen LogP contribution in [-0.4, -0.2) is 34.9 Å². The molecule has 4 fully saturated rings. The molecule has 1 aromatic heterocycles. The van der Waals surface area contributed by atoms with Crippen molar-refractivity contribution >= 4 is 40.7 Å². The zero-order valence-electron chi connectivity index (χ0n) is 20.7. The monoisotopic (exact) mass is 557 g/mol. The summed E-state index contributed by atoms with van der Waals surface area (Å²) in [5, 5.41) is 9.33. The maximum atomic E-state index is 13.3. The zero-order chi connectivity index (χ0) is 25.7. The Bertz CT molecular complexity index is 1290. The average molecular weight is 559 g/mol. The number of benzene rings is 2. The molecular weight excluding hydrogens is 529 g/mol. The SMILES string of the molecule is Cc1c(C(=O)NCCOC2C3CC4CC(C3)CC2C4)nn(-c2ccc(Cl)cc2Cl)c1-c1ccc(Cl)cc1. The van der Waals surface area contributed by atoms with E-state index in [-0.39, 0.29) is 5.91 Å². The summed E-state index contributed by atoms with van der Waals surface area (Å²) in [4.78, 5) is 13.3. The van der Waals surface area contributed by atoms with E-state index in [0.29, 0.717) is 57.5 Å². The third-order valence-corrected chi connectivity index (χ3v) is 9.22. The highest BCUT2D eigenvalue weighted by atomic mass is 35.5. The van der Waals surface area contributed by atoms with Crippen LogP contribution in [0.25, 0.3) is 16.9 Å². The Morgan fingerprint density at radius 1 is 0.973 bits per heavy atom. The molecule has 4 saturated carbocycles. The predicted molar refractivity (Wildman–Crippen MR) is 148 cm³/mol. The summed E-state index contributed by atoms with van der Waals surface area (Å²) in [6, 6.07) is 12.7. The normalized spacial score (nSPS) is 26.0. The first-order valence-corrected chi connectivity index (χ1v) is 14.2. The summed E-state index contributed by atoms with van der Waals surface area (Å²) in [6.07, 6.45) is 7.07. The van der Waals surface area contributed by atoms with E-state index in [1.54, 1.807) is 22.9 Å². The minimum atomic E-state index is -0.231. The lowest BCUT2D eigenvalue weighted by molar-refractivity contribution is -0.124. The van der Waals surface area contributed by atoms with E-state index in [1.165, 1.54) is 32.1 Å². The summed E-state index contributed by atoms with van der Waals surface area (Å²) in [6.45, 7) is 2.87. The largest absolute Gasteiger partial charge is 0.376 e. The van der Waals surface area contributed by atoms with E-state index < -0.39 is 0 Å². The van der Waals surface area contributed by atoms with Crippen molar-refractivity contribution in [1.82, 2.24) is 15.1 Å². The van der Waals surface area contributed by atoms with Crippen molar-refractivity contribution in [2.75, 3.05) is 13.2 Å². The highest BCUT2D eigenvalue weighted by molar-refractivity contribution is 6.35. The van der Waals surface area contributed by atoms with E-state index in [1.807, 2.05) is 31.2 Å². The fraction of sp³-hybridized carbons (Fsp3) is 0.448. The number of carbonyl (C=O) groups is 1. The lowest BCUT2D eigenvalue weighted by Gasteiger charge is -2.54. The fourth-order valence-electron chi connectivity index (χ4n) is 7.08. The fourth-order valence-corrected chi connectivity index (χ4v) is 7.69. The van der Waals surface area contributed by atoms with Gasteiger partial charge in [-0.2, -0.15) is 5.10 Å². The molecule has 37 heavy (non-hydrogen) atoms. The number of amides is 1. The van der Waals surface area contributed by atoms with Gasteiger partial charge >= 0.3 is 0 Å². The van der Waals surface area contributed by atoms with Crippen LogP contribution >= 0.6 is 34.8 Å². The van der Waals surface area contributed by atoms with Crippen molar-refractivity contribution in [3.8, 4) is 16.9 Å². The van der Waals surface area contributed by atoms with Crippen molar-refractivity contribution in [3.63, 3.8) is 0 Å². The number of carbonyl (C=O) groups excluding carboxylic acids is 1. The van der Waals surface area contributed by atoms with Gasteiger partial charge in [0.05, 0.1) is 29.1 Å². The molecule has 4 bridgehead atoms. The summed E-state index contributed by atoms with van der Waals surface area (Å²) in [5.74, 6) is 3.02. The molecule has 3 aromatic rings. The van der Waals surface area contributed by atoms with Crippen LogP contribution in [-0.2, 0) is 4.74 Å². The van der Waals surface area contributed by atoms with E-state index in [9.17, 15) is 4.79 Å². The van der Waals surface area contributed by atoms with Crippen molar-refractivity contribution in [2.24, 2.45) is 23.7 Å². The van der Waals surface area contributed by atoms with Gasteiger partial charge in [-0.05, 0) is 93.0 Å². The molecular formula is C29H30Cl3N3O2. The lowest BCUT2D eigenvalue weighted by Crippen LogP contribution is -2.49. The van der Waals surface area contributed by atoms with Crippen LogP contribution in [0.3, 0.4) is 0 Å². The molecule has 2 aromatic carbocycles. The third-order valence-electron chi connectivity index (χ3n) is 8.43. The standard InChI is InChI=1S/C29H30Cl3N3O2/c1-16-26(29(36)33-8-9-37-28-20-11-17-10-18(13-20)14-21(28)12-17)34-35(25-7-6-23(31)15-24(25)32)27(16)19-2-4-22(30)5-3-19/h2-7,15,17-18,20-21,28H,8-14H2,1H3,(H,33,36). The van der Waals surface area contributed by atoms with Gasteiger partial charge in [0.2, 0.25) is 0 Å². The zero-order valence-corrected chi connectivity index (χ0v) is 23.0. The lowest BCUT2D eigenvalue weighted by atomic mass is 9.55. The van der Waals surface area contributed by atoms with Gasteiger partial charge in [-0.15, -0.1) is 0 Å². The highest BCUT2D eigenvalue weighted by Gasteiger charge is 2.48. The molecule has 1 amide bonds. The van der Waals surface area contributed by atoms with Crippen LogP contribution in [0.5, 0.6) is 0 Å². The number of rotatable bonds is 7. The van der Waals surface area contributed by atoms with Gasteiger partial charge in [-0.25, -0.2) is 4.68 Å². The van der Waals surface area contributed by atoms with Crippen LogP contribution in [0.2, 0.25) is 15.1 Å². The van der Waals surface area contributed by atoms with E-state index in [0.717, 1.165) is 28.7 Å². The first kappa shape index (κ1) is 25.2. The Hall–Kier alpha value is -2.05. The quantitative estimate of drug-likeness (QED) is 0.308. The number of hydrogen-bond donors (Lipinski definition) is 1. The molecule has 0 spiro atoms. The summed E-state index contributed by atoms with van der Waals surface area (Å²) in [7, 11) is 0. The third kappa shape index (κ3) is 4.92. The molecule has 4 aliphatic rings. The Morgan fingerprint density at radius 3 is 2.27 bits per heavy atom. The van der Waals surface area contributed by atoms with Crippen LogP contribution in [0.1, 0.15) is 48.2 Å². The van der Waals surface area contributed by atoms with Gasteiger partial charge in [-0.3, -0.25) is 4.79 Å². The molecule has 0 atom stereocenters. The number of nitrogens with one attached hydrogen (secondary N) is 1. The Balaban J connectivity index is 1.19. The predicted octanol–water partition coefficient (Wildman–Crippen LogP) is 7.38. The second-order valence-corrected chi connectivity index (χ2v) is 12.1. The minimum Gasteiger partial charge on any atom is -0.376 e. The van der Waals surface area contributed by atoms with Crippen molar-refractivity contribution in [2.45, 2.75) is 45.1 Å². The molecule has 5 nitrogen and oxygen atoms in total. The average Bonchev–Trinajstić information content (AvgIpc) is 3.20. The molecule has 1 N–H and O–H groups in total.